The quantitative estimate of drug-likeness (QED) is 0.851. The molecule has 1 aliphatic rings. The summed E-state index contributed by atoms with van der Waals surface area (Å²) in [5.74, 6) is 0.427. The van der Waals surface area contributed by atoms with Gasteiger partial charge in [0.25, 0.3) is 5.56 Å². The van der Waals surface area contributed by atoms with Crippen LogP contribution in [0.25, 0.3) is 0 Å². The summed E-state index contributed by atoms with van der Waals surface area (Å²) in [6.45, 7) is 6.37. The van der Waals surface area contributed by atoms with Gasteiger partial charge in [-0.3, -0.25) is 9.59 Å². The van der Waals surface area contributed by atoms with Gasteiger partial charge >= 0.3 is 0 Å². The molecule has 0 saturated carbocycles. The number of rotatable bonds is 3. The van der Waals surface area contributed by atoms with Crippen molar-refractivity contribution in [1.82, 2.24) is 20.2 Å². The lowest BCUT2D eigenvalue weighted by Gasteiger charge is -2.26. The average Bonchev–Trinajstić information content (AvgIpc) is 2.58. The highest BCUT2D eigenvalue weighted by atomic mass is 19.1. The number of nitrogens with one attached hydrogen (secondary N) is 2. The second kappa shape index (κ2) is 6.56. The monoisotopic (exact) mass is 310 g/mol. The molecule has 122 valence electrons. The Labute approximate surface area is 129 Å². The number of hydrogen-bond donors (Lipinski definition) is 2. The van der Waals surface area contributed by atoms with Crippen LogP contribution in [0.4, 0.5) is 4.39 Å². The molecule has 0 aliphatic carbocycles. The van der Waals surface area contributed by atoms with Crippen LogP contribution < -0.4 is 10.9 Å². The minimum Gasteiger partial charge on any atom is -0.338 e. The minimum atomic E-state index is -1.43. The molecule has 1 amide bonds. The number of alkyl halides is 1. The van der Waals surface area contributed by atoms with Crippen LogP contribution in [0.2, 0.25) is 0 Å². The number of H-pyrrole nitrogens is 1. The topological polar surface area (TPSA) is 78.1 Å². The van der Waals surface area contributed by atoms with Gasteiger partial charge in [-0.15, -0.1) is 0 Å². The molecule has 0 spiro atoms. The molecule has 6 nitrogen and oxygen atoms in total. The number of amides is 1. The van der Waals surface area contributed by atoms with E-state index in [-0.39, 0.29) is 31.0 Å². The van der Waals surface area contributed by atoms with Crippen molar-refractivity contribution in [2.75, 3.05) is 26.2 Å². The molecule has 1 saturated heterocycles. The Bertz CT molecular complexity index is 612. The predicted molar refractivity (Wildman–Crippen MR) is 81.6 cm³/mol. The van der Waals surface area contributed by atoms with Crippen molar-refractivity contribution >= 4 is 5.91 Å². The number of aromatic amines is 1. The fourth-order valence-corrected chi connectivity index (χ4v) is 2.74. The molecule has 1 aromatic rings. The standard InChI is InChI=1S/C15H23FN4O2/c1-10-12(14(22)19-11(2)18-10)4-5-13(21)20-7-6-17-8-15(3,16)9-20/h17H,4-9H2,1-3H3,(H,18,19,22). The summed E-state index contributed by atoms with van der Waals surface area (Å²) < 4.78 is 14.2. The van der Waals surface area contributed by atoms with Crippen molar-refractivity contribution in [3.63, 3.8) is 0 Å². The Morgan fingerprint density at radius 1 is 1.45 bits per heavy atom. The van der Waals surface area contributed by atoms with E-state index in [9.17, 15) is 14.0 Å². The van der Waals surface area contributed by atoms with Crippen LogP contribution in [0.15, 0.2) is 4.79 Å². The highest BCUT2D eigenvalue weighted by molar-refractivity contribution is 5.76. The molecule has 1 aromatic heterocycles. The molecular weight excluding hydrogens is 287 g/mol. The van der Waals surface area contributed by atoms with E-state index in [1.54, 1.807) is 13.8 Å². The summed E-state index contributed by atoms with van der Waals surface area (Å²) >= 11 is 0. The van der Waals surface area contributed by atoms with Gasteiger partial charge in [-0.2, -0.15) is 0 Å². The Kier molecular flexibility index (Phi) is 4.95. The lowest BCUT2D eigenvalue weighted by molar-refractivity contribution is -0.132. The Hall–Kier alpha value is -1.76. The Morgan fingerprint density at radius 3 is 2.86 bits per heavy atom. The van der Waals surface area contributed by atoms with Gasteiger partial charge in [0.2, 0.25) is 5.91 Å². The van der Waals surface area contributed by atoms with Crippen LogP contribution in [-0.2, 0) is 11.2 Å². The Morgan fingerprint density at radius 2 is 2.18 bits per heavy atom. The van der Waals surface area contributed by atoms with Crippen molar-refractivity contribution < 1.29 is 9.18 Å². The number of aryl methyl sites for hydroxylation is 2. The third-order valence-corrected chi connectivity index (χ3v) is 3.85. The number of carbonyl (C=O) groups is 1. The number of hydrogen-bond acceptors (Lipinski definition) is 4. The molecule has 2 heterocycles. The van der Waals surface area contributed by atoms with Gasteiger partial charge in [-0.1, -0.05) is 0 Å². The normalized spacial score (nSPS) is 22.5. The summed E-state index contributed by atoms with van der Waals surface area (Å²) in [5, 5.41) is 2.99. The molecule has 0 bridgehead atoms. The molecule has 22 heavy (non-hydrogen) atoms. The van der Waals surface area contributed by atoms with E-state index in [0.29, 0.717) is 36.6 Å². The maximum absolute atomic E-state index is 14.2. The highest BCUT2D eigenvalue weighted by Gasteiger charge is 2.30. The van der Waals surface area contributed by atoms with Gasteiger partial charge in [0.15, 0.2) is 0 Å². The summed E-state index contributed by atoms with van der Waals surface area (Å²) in [5.41, 5.74) is -0.465. The predicted octanol–water partition coefficient (Wildman–Crippen LogP) is 0.479. The van der Waals surface area contributed by atoms with Crippen LogP contribution in [0, 0.1) is 13.8 Å². The highest BCUT2D eigenvalue weighted by Crippen LogP contribution is 2.15. The SMILES string of the molecule is Cc1nc(C)c(CCC(=O)N2CCNCC(C)(F)C2)c(=O)[nH]1. The smallest absolute Gasteiger partial charge is 0.254 e. The van der Waals surface area contributed by atoms with Crippen molar-refractivity contribution in [3.8, 4) is 0 Å². The molecule has 7 heteroatoms. The number of carbonyl (C=O) groups excluding carboxylic acids is 1. The van der Waals surface area contributed by atoms with Gasteiger partial charge in [-0.05, 0) is 27.2 Å². The van der Waals surface area contributed by atoms with Gasteiger partial charge in [0, 0.05) is 37.3 Å². The molecule has 2 N–H and O–H groups in total. The number of nitrogens with zero attached hydrogens (tertiary/aromatic N) is 2. The van der Waals surface area contributed by atoms with Gasteiger partial charge in [0.05, 0.1) is 6.54 Å². The lowest BCUT2D eigenvalue weighted by Crippen LogP contribution is -2.42. The van der Waals surface area contributed by atoms with E-state index < -0.39 is 5.67 Å². The van der Waals surface area contributed by atoms with Gasteiger partial charge < -0.3 is 15.2 Å². The minimum absolute atomic E-state index is 0.0837. The molecule has 1 unspecified atom stereocenters. The molecule has 1 aliphatic heterocycles. The van der Waals surface area contributed by atoms with Crippen LogP contribution in [0.1, 0.15) is 30.4 Å². The van der Waals surface area contributed by atoms with Crippen LogP contribution in [-0.4, -0.2) is 52.6 Å². The van der Waals surface area contributed by atoms with Crippen molar-refractivity contribution in [2.24, 2.45) is 0 Å². The maximum Gasteiger partial charge on any atom is 0.254 e. The van der Waals surface area contributed by atoms with Crippen molar-refractivity contribution in [1.29, 1.82) is 0 Å². The fourth-order valence-electron chi connectivity index (χ4n) is 2.74. The molecule has 0 radical (unpaired) electrons. The molecule has 0 aromatic carbocycles. The molecular formula is C15H23FN4O2. The third kappa shape index (κ3) is 4.13. The van der Waals surface area contributed by atoms with Crippen molar-refractivity contribution in [3.05, 3.63) is 27.4 Å². The summed E-state index contributed by atoms with van der Waals surface area (Å²) in [4.78, 5) is 32.6. The first kappa shape index (κ1) is 16.6. The van der Waals surface area contributed by atoms with Crippen molar-refractivity contribution in [2.45, 2.75) is 39.3 Å². The second-order valence-corrected chi connectivity index (χ2v) is 6.12. The first-order valence-electron chi connectivity index (χ1n) is 7.52. The number of halogens is 1. The zero-order valence-corrected chi connectivity index (χ0v) is 13.3. The van der Waals surface area contributed by atoms with E-state index in [1.807, 2.05) is 0 Å². The van der Waals surface area contributed by atoms with Crippen LogP contribution in [0.5, 0.6) is 0 Å². The molecule has 1 fully saturated rings. The average molecular weight is 310 g/mol. The van der Waals surface area contributed by atoms with E-state index in [1.165, 1.54) is 11.8 Å². The fraction of sp³-hybridized carbons (Fsp3) is 0.667. The lowest BCUT2D eigenvalue weighted by atomic mass is 10.1. The van der Waals surface area contributed by atoms with Gasteiger partial charge in [-0.25, -0.2) is 9.37 Å². The third-order valence-electron chi connectivity index (χ3n) is 3.85. The molecule has 2 rings (SSSR count). The van der Waals surface area contributed by atoms with Gasteiger partial charge in [0.1, 0.15) is 11.5 Å². The first-order valence-corrected chi connectivity index (χ1v) is 7.52. The summed E-state index contributed by atoms with van der Waals surface area (Å²) in [6, 6.07) is 0. The van der Waals surface area contributed by atoms with Crippen LogP contribution >= 0.6 is 0 Å². The second-order valence-electron chi connectivity index (χ2n) is 6.12. The van der Waals surface area contributed by atoms with E-state index >= 15 is 0 Å². The van der Waals surface area contributed by atoms with E-state index in [0.717, 1.165) is 0 Å². The zero-order chi connectivity index (χ0) is 16.3. The molecule has 1 atom stereocenters. The Balaban J connectivity index is 2.02. The largest absolute Gasteiger partial charge is 0.338 e. The zero-order valence-electron chi connectivity index (χ0n) is 13.3. The summed E-state index contributed by atoms with van der Waals surface area (Å²) in [7, 11) is 0. The first-order chi connectivity index (χ1) is 10.3. The van der Waals surface area contributed by atoms with Crippen LogP contribution in [0.3, 0.4) is 0 Å². The summed E-state index contributed by atoms with van der Waals surface area (Å²) in [6.07, 6.45) is 0.505. The number of aromatic nitrogens is 2. The van der Waals surface area contributed by atoms with E-state index in [4.69, 9.17) is 0 Å². The maximum atomic E-state index is 14.2. The van der Waals surface area contributed by atoms with E-state index in [2.05, 4.69) is 15.3 Å².